The van der Waals surface area contributed by atoms with Crippen LogP contribution in [-0.2, 0) is 0 Å². The molecule has 4 nitrogen and oxygen atoms in total. The van der Waals surface area contributed by atoms with E-state index < -0.39 is 0 Å². The second-order valence-corrected chi connectivity index (χ2v) is 4.60. The van der Waals surface area contributed by atoms with Crippen LogP contribution in [0.25, 0.3) is 0 Å². The van der Waals surface area contributed by atoms with Gasteiger partial charge in [0.25, 0.3) is 0 Å². The highest BCUT2D eigenvalue weighted by Gasteiger charge is 2.21. The predicted molar refractivity (Wildman–Crippen MR) is 77.6 cm³/mol. The number of hydrogen-bond donors (Lipinski definition) is 1. The van der Waals surface area contributed by atoms with Gasteiger partial charge in [0.2, 0.25) is 0 Å². The summed E-state index contributed by atoms with van der Waals surface area (Å²) in [5.41, 5.74) is 10.1. The molecular weight excluding hydrogens is 236 g/mol. The van der Waals surface area contributed by atoms with Crippen LogP contribution in [0.3, 0.4) is 0 Å². The molecule has 0 fully saturated rings. The van der Waals surface area contributed by atoms with Gasteiger partial charge in [0.05, 0.1) is 24.1 Å². The normalized spacial score (nSPS) is 18.5. The molecule has 2 heterocycles. The number of fused-ring (bicyclic) bond motifs is 1. The van der Waals surface area contributed by atoms with E-state index in [4.69, 9.17) is 5.73 Å². The molecule has 1 aromatic carbocycles. The van der Waals surface area contributed by atoms with Gasteiger partial charge in [0, 0.05) is 24.5 Å². The van der Waals surface area contributed by atoms with Crippen molar-refractivity contribution in [2.45, 2.75) is 6.17 Å². The fourth-order valence-corrected chi connectivity index (χ4v) is 2.27. The molecule has 1 atom stereocenters. The van der Waals surface area contributed by atoms with Crippen LogP contribution >= 0.6 is 0 Å². The molecule has 3 rings (SSSR count). The number of anilines is 1. The molecule has 0 saturated carbocycles. The minimum atomic E-state index is -0.109. The Morgan fingerprint density at radius 1 is 1.16 bits per heavy atom. The van der Waals surface area contributed by atoms with Crippen LogP contribution in [0.5, 0.6) is 0 Å². The minimum Gasteiger partial charge on any atom is -0.357 e. The van der Waals surface area contributed by atoms with Gasteiger partial charge < -0.3 is 10.6 Å². The topological polar surface area (TPSA) is 54.5 Å². The second-order valence-electron chi connectivity index (χ2n) is 4.60. The van der Waals surface area contributed by atoms with E-state index in [9.17, 15) is 0 Å². The maximum absolute atomic E-state index is 6.13. The summed E-state index contributed by atoms with van der Waals surface area (Å²) in [6, 6.07) is 14.0. The summed E-state index contributed by atoms with van der Waals surface area (Å²) >= 11 is 0. The number of nitrogens with zero attached hydrogens (tertiary/aromatic N) is 3. The average molecular weight is 252 g/mol. The summed E-state index contributed by atoms with van der Waals surface area (Å²) in [7, 11) is 2.00. The zero-order valence-corrected chi connectivity index (χ0v) is 10.8. The Labute approximate surface area is 112 Å². The van der Waals surface area contributed by atoms with Gasteiger partial charge in [0.15, 0.2) is 0 Å². The van der Waals surface area contributed by atoms with Crippen LogP contribution in [0.4, 0.5) is 5.69 Å². The maximum Gasteiger partial charge on any atom is 0.0966 e. The first-order valence-corrected chi connectivity index (χ1v) is 6.31. The molecule has 0 bridgehead atoms. The molecule has 0 aliphatic carbocycles. The van der Waals surface area contributed by atoms with Gasteiger partial charge in [-0.3, -0.25) is 9.98 Å². The molecule has 0 saturated heterocycles. The van der Waals surface area contributed by atoms with Gasteiger partial charge in [-0.25, -0.2) is 0 Å². The summed E-state index contributed by atoms with van der Waals surface area (Å²) in [4.78, 5) is 11.1. The Balaban J connectivity index is 2.17. The summed E-state index contributed by atoms with van der Waals surface area (Å²) in [6.07, 6.45) is 1.68. The zero-order chi connectivity index (χ0) is 13.2. The quantitative estimate of drug-likeness (QED) is 0.839. The molecule has 1 aliphatic rings. The van der Waals surface area contributed by atoms with E-state index in [1.807, 2.05) is 37.4 Å². The van der Waals surface area contributed by atoms with Gasteiger partial charge in [-0.2, -0.15) is 0 Å². The molecule has 96 valence electrons. The van der Waals surface area contributed by atoms with Crippen molar-refractivity contribution in [3.8, 4) is 0 Å². The Morgan fingerprint density at radius 2 is 1.95 bits per heavy atom. The highest BCUT2D eigenvalue weighted by atomic mass is 15.2. The molecule has 0 spiro atoms. The van der Waals surface area contributed by atoms with Gasteiger partial charge in [-0.05, 0) is 18.2 Å². The van der Waals surface area contributed by atoms with Gasteiger partial charge in [-0.1, -0.05) is 24.3 Å². The van der Waals surface area contributed by atoms with Crippen LogP contribution < -0.4 is 10.6 Å². The summed E-state index contributed by atoms with van der Waals surface area (Å²) in [5, 5.41) is 0. The molecule has 1 aliphatic heterocycles. The Bertz CT molecular complexity index is 607. The number of rotatable bonds is 1. The summed E-state index contributed by atoms with van der Waals surface area (Å²) in [6.45, 7) is 0.567. The first kappa shape index (κ1) is 11.9. The van der Waals surface area contributed by atoms with Crippen molar-refractivity contribution in [1.82, 2.24) is 4.98 Å². The lowest BCUT2D eigenvalue weighted by atomic mass is 10.0. The molecule has 4 heteroatoms. The Hall–Kier alpha value is -2.20. The molecule has 2 N–H and O–H groups in total. The van der Waals surface area contributed by atoms with E-state index in [2.05, 4.69) is 27.0 Å². The number of pyridine rings is 1. The molecule has 0 amide bonds. The van der Waals surface area contributed by atoms with Gasteiger partial charge >= 0.3 is 0 Å². The van der Waals surface area contributed by atoms with E-state index in [0.29, 0.717) is 6.54 Å². The second kappa shape index (κ2) is 4.82. The standard InChI is InChI=1S/C15H16N4/c1-19-13-8-3-2-6-11(13)15(18-10-14(19)16)12-7-4-5-9-17-12/h2-9,14H,10,16H2,1H3. The van der Waals surface area contributed by atoms with E-state index in [-0.39, 0.29) is 6.17 Å². The van der Waals surface area contributed by atoms with Crippen molar-refractivity contribution in [1.29, 1.82) is 0 Å². The first-order chi connectivity index (χ1) is 9.27. The van der Waals surface area contributed by atoms with Crippen LogP contribution in [0.2, 0.25) is 0 Å². The Morgan fingerprint density at radius 3 is 2.74 bits per heavy atom. The summed E-state index contributed by atoms with van der Waals surface area (Å²) < 4.78 is 0. The molecule has 1 unspecified atom stereocenters. The van der Waals surface area contributed by atoms with Gasteiger partial charge in [-0.15, -0.1) is 0 Å². The Kier molecular flexibility index (Phi) is 3.01. The number of aromatic nitrogens is 1. The smallest absolute Gasteiger partial charge is 0.0966 e. The molecule has 2 aromatic rings. The number of para-hydroxylation sites is 1. The fraction of sp³-hybridized carbons (Fsp3) is 0.200. The number of benzodiazepines with no additional fused rings is 1. The van der Waals surface area contributed by atoms with Crippen LogP contribution in [0, 0.1) is 0 Å². The summed E-state index contributed by atoms with van der Waals surface area (Å²) in [5.74, 6) is 0. The largest absolute Gasteiger partial charge is 0.357 e. The SMILES string of the molecule is CN1c2ccccc2C(c2ccccn2)=NCC1N. The lowest BCUT2D eigenvalue weighted by molar-refractivity contribution is 0.672. The molecule has 19 heavy (non-hydrogen) atoms. The monoisotopic (exact) mass is 252 g/mol. The zero-order valence-electron chi connectivity index (χ0n) is 10.8. The first-order valence-electron chi connectivity index (χ1n) is 6.31. The number of aliphatic imine (C=N–C) groups is 1. The third-order valence-electron chi connectivity index (χ3n) is 3.38. The average Bonchev–Trinajstić information content (AvgIpc) is 2.59. The van der Waals surface area contributed by atoms with Crippen molar-refractivity contribution in [2.24, 2.45) is 10.7 Å². The van der Waals surface area contributed by atoms with Crippen molar-refractivity contribution in [2.75, 3.05) is 18.5 Å². The van der Waals surface area contributed by atoms with E-state index in [1.165, 1.54) is 0 Å². The van der Waals surface area contributed by atoms with E-state index >= 15 is 0 Å². The van der Waals surface area contributed by atoms with Crippen molar-refractivity contribution >= 4 is 11.4 Å². The lowest BCUT2D eigenvalue weighted by Gasteiger charge is -2.25. The fourth-order valence-electron chi connectivity index (χ4n) is 2.27. The van der Waals surface area contributed by atoms with Crippen LogP contribution in [-0.4, -0.2) is 30.5 Å². The van der Waals surface area contributed by atoms with Crippen molar-refractivity contribution < 1.29 is 0 Å². The molecular formula is C15H16N4. The molecule has 1 aromatic heterocycles. The predicted octanol–water partition coefficient (Wildman–Crippen LogP) is 1.65. The highest BCUT2D eigenvalue weighted by molar-refractivity contribution is 6.15. The number of hydrogen-bond acceptors (Lipinski definition) is 4. The van der Waals surface area contributed by atoms with E-state index in [0.717, 1.165) is 22.7 Å². The third-order valence-corrected chi connectivity index (χ3v) is 3.38. The lowest BCUT2D eigenvalue weighted by Crippen LogP contribution is -2.41. The number of likely N-dealkylation sites (N-methyl/N-ethyl adjacent to an activating group) is 1. The minimum absolute atomic E-state index is 0.109. The van der Waals surface area contributed by atoms with Crippen molar-refractivity contribution in [3.05, 3.63) is 59.9 Å². The van der Waals surface area contributed by atoms with Crippen LogP contribution in [0.1, 0.15) is 11.3 Å². The third kappa shape index (κ3) is 2.11. The maximum atomic E-state index is 6.13. The number of benzene rings is 1. The highest BCUT2D eigenvalue weighted by Crippen LogP contribution is 2.25. The number of nitrogens with two attached hydrogens (primary N) is 1. The van der Waals surface area contributed by atoms with E-state index in [1.54, 1.807) is 6.20 Å². The van der Waals surface area contributed by atoms with Crippen molar-refractivity contribution in [3.63, 3.8) is 0 Å². The molecule has 0 radical (unpaired) electrons. The van der Waals surface area contributed by atoms with Crippen LogP contribution in [0.15, 0.2) is 53.7 Å². The van der Waals surface area contributed by atoms with Gasteiger partial charge in [0.1, 0.15) is 0 Å².